The van der Waals surface area contributed by atoms with Gasteiger partial charge in [0, 0.05) is 0 Å². The molecule has 0 nitrogen and oxygen atoms in total. The van der Waals surface area contributed by atoms with Crippen molar-refractivity contribution in [1.29, 1.82) is 0 Å². The predicted molar refractivity (Wildman–Crippen MR) is 97.2 cm³/mol. The van der Waals surface area contributed by atoms with Gasteiger partial charge in [0.2, 0.25) is 0 Å². The number of hydrogen-bond donors (Lipinski definition) is 0. The third-order valence-corrected chi connectivity index (χ3v) is 24.2. The van der Waals surface area contributed by atoms with Crippen molar-refractivity contribution in [3.63, 3.8) is 0 Å². The summed E-state index contributed by atoms with van der Waals surface area (Å²) in [6.45, 7) is 9.76. The van der Waals surface area contributed by atoms with Crippen LogP contribution in [0.5, 0.6) is 0 Å². The van der Waals surface area contributed by atoms with Crippen molar-refractivity contribution in [2.75, 3.05) is 0 Å². The van der Waals surface area contributed by atoms with Crippen LogP contribution in [0.25, 0.3) is 0 Å². The van der Waals surface area contributed by atoms with E-state index in [1.807, 2.05) is 0 Å². The van der Waals surface area contributed by atoms with Gasteiger partial charge in [-0.2, -0.15) is 0 Å². The normalized spacial score (nSPS) is 13.2. The van der Waals surface area contributed by atoms with Gasteiger partial charge in [0.25, 0.3) is 0 Å². The standard InChI is InChI=1S/C8H12Si2.6CH3.2Sn/c1-7-9(3,4)10(5,6)8-2;;;;;;;;/h3-6H3;6*1H3;;. The minimum absolute atomic E-state index is 1.45. The van der Waals surface area contributed by atoms with Crippen LogP contribution in [0.3, 0.4) is 0 Å². The molecule has 18 heavy (non-hydrogen) atoms. The predicted octanol–water partition coefficient (Wildman–Crippen LogP) is 4.32. The molecule has 0 amide bonds. The van der Waals surface area contributed by atoms with E-state index in [0.29, 0.717) is 0 Å². The molecule has 0 aliphatic heterocycles. The Morgan fingerprint density at radius 2 is 0.778 bits per heavy atom. The van der Waals surface area contributed by atoms with Crippen molar-refractivity contribution in [1.82, 2.24) is 0 Å². The van der Waals surface area contributed by atoms with Gasteiger partial charge in [0.05, 0.1) is 0 Å². The molecule has 0 aromatic carbocycles. The van der Waals surface area contributed by atoms with E-state index in [-0.39, 0.29) is 0 Å². The molecule has 0 aliphatic rings. The molecule has 0 N–H and O–H groups in total. The average molecular weight is 492 g/mol. The Morgan fingerprint density at radius 1 is 0.556 bits per heavy atom. The van der Waals surface area contributed by atoms with Crippen LogP contribution in [-0.4, -0.2) is 51.9 Å². The summed E-state index contributed by atoms with van der Waals surface area (Å²) >= 11 is -3.88. The van der Waals surface area contributed by atoms with Crippen molar-refractivity contribution in [2.24, 2.45) is 0 Å². The molecule has 0 saturated heterocycles. The summed E-state index contributed by atoms with van der Waals surface area (Å²) in [4.78, 5) is 14.4. The molecule has 0 atom stereocenters. The molecule has 0 saturated carbocycles. The van der Waals surface area contributed by atoms with Crippen LogP contribution in [0.4, 0.5) is 0 Å². The van der Waals surface area contributed by atoms with Gasteiger partial charge >= 0.3 is 127 Å². The fourth-order valence-electron chi connectivity index (χ4n) is 1.00. The third-order valence-electron chi connectivity index (χ3n) is 3.06. The Bertz CT molecular complexity index is 373. The summed E-state index contributed by atoms with van der Waals surface area (Å²) in [5.41, 5.74) is 7.48. The van der Waals surface area contributed by atoms with Crippen LogP contribution >= 0.6 is 0 Å². The molecule has 0 unspecified atom stereocenters. The van der Waals surface area contributed by atoms with Crippen LogP contribution in [0.15, 0.2) is 0 Å². The zero-order valence-electron chi connectivity index (χ0n) is 14.0. The van der Waals surface area contributed by atoms with Gasteiger partial charge < -0.3 is 0 Å². The molecule has 0 aromatic heterocycles. The molecule has 102 valence electrons. The molecule has 0 fully saturated rings. The quantitative estimate of drug-likeness (QED) is 0.378. The van der Waals surface area contributed by atoms with Crippen molar-refractivity contribution in [2.45, 2.75) is 55.8 Å². The van der Waals surface area contributed by atoms with Gasteiger partial charge in [-0.05, 0) is 0 Å². The second kappa shape index (κ2) is 6.28. The van der Waals surface area contributed by atoms with Crippen LogP contribution in [0, 0.1) is 19.0 Å². The third kappa shape index (κ3) is 7.67. The molecular formula is C14H30Si2Sn2. The molecule has 0 rings (SSSR count). The van der Waals surface area contributed by atoms with E-state index < -0.39 is 51.9 Å². The van der Waals surface area contributed by atoms with Crippen LogP contribution in [0.2, 0.25) is 55.8 Å². The second-order valence-corrected chi connectivity index (χ2v) is 49.9. The van der Waals surface area contributed by atoms with E-state index in [9.17, 15) is 0 Å². The monoisotopic (exact) mass is 494 g/mol. The Kier molecular flexibility index (Phi) is 6.69. The van der Waals surface area contributed by atoms with Gasteiger partial charge in [0.15, 0.2) is 0 Å². The average Bonchev–Trinajstić information content (AvgIpc) is 2.10. The fraction of sp³-hybridized carbons (Fsp3) is 0.714. The molecule has 0 bridgehead atoms. The summed E-state index contributed by atoms with van der Waals surface area (Å²) in [6, 6.07) is 0. The van der Waals surface area contributed by atoms with Gasteiger partial charge in [-0.25, -0.2) is 0 Å². The Morgan fingerprint density at radius 3 is 0.944 bits per heavy atom. The Hall–Kier alpha value is 1.15. The van der Waals surface area contributed by atoms with Gasteiger partial charge in [-0.3, -0.25) is 0 Å². The van der Waals surface area contributed by atoms with Crippen molar-refractivity contribution < 1.29 is 0 Å². The molecule has 0 radical (unpaired) electrons. The van der Waals surface area contributed by atoms with Crippen molar-refractivity contribution in [3.8, 4) is 19.0 Å². The summed E-state index contributed by atoms with van der Waals surface area (Å²) < 4.78 is 7.34. The molecule has 0 heterocycles. The van der Waals surface area contributed by atoms with Gasteiger partial charge in [-0.15, -0.1) is 0 Å². The number of rotatable bonds is 1. The van der Waals surface area contributed by atoms with E-state index in [1.54, 1.807) is 0 Å². The van der Waals surface area contributed by atoms with E-state index in [4.69, 9.17) is 0 Å². The Labute approximate surface area is 125 Å². The maximum atomic E-state index is 3.74. The zero-order chi connectivity index (χ0) is 14.8. The first-order valence-electron chi connectivity index (χ1n) is 6.75. The van der Waals surface area contributed by atoms with Crippen molar-refractivity contribution in [3.05, 3.63) is 0 Å². The zero-order valence-corrected chi connectivity index (χ0v) is 21.7. The minimum atomic E-state index is -1.94. The van der Waals surface area contributed by atoms with E-state index in [0.717, 1.165) is 0 Å². The van der Waals surface area contributed by atoms with Crippen LogP contribution in [-0.2, 0) is 0 Å². The van der Waals surface area contributed by atoms with Gasteiger partial charge in [0.1, 0.15) is 0 Å². The fourth-order valence-corrected chi connectivity index (χ4v) is 19.2. The van der Waals surface area contributed by atoms with Crippen molar-refractivity contribution >= 4 is 51.9 Å². The molecule has 0 spiro atoms. The molecule has 4 heteroatoms. The summed E-state index contributed by atoms with van der Waals surface area (Å²) in [5, 5.41) is 0. The molecule has 0 aliphatic carbocycles. The topological polar surface area (TPSA) is 0 Å². The first-order chi connectivity index (χ1) is 7.66. The Balaban J connectivity index is 5.30. The van der Waals surface area contributed by atoms with E-state index in [2.05, 4.69) is 74.8 Å². The maximum absolute atomic E-state index is 3.74. The molecular weight excluding hydrogens is 462 g/mol. The molecule has 0 aromatic rings. The van der Waals surface area contributed by atoms with Crippen LogP contribution in [0.1, 0.15) is 0 Å². The first-order valence-corrected chi connectivity index (χ1v) is 33.7. The first kappa shape index (κ1) is 19.2. The van der Waals surface area contributed by atoms with Crippen LogP contribution < -0.4 is 0 Å². The van der Waals surface area contributed by atoms with E-state index in [1.165, 1.54) is 0 Å². The van der Waals surface area contributed by atoms with E-state index >= 15 is 0 Å². The summed E-state index contributed by atoms with van der Waals surface area (Å²) in [6.07, 6.45) is 0. The summed E-state index contributed by atoms with van der Waals surface area (Å²) in [7, 11) is -2.90. The number of hydrogen-bond acceptors (Lipinski definition) is 0. The SMILES string of the molecule is C[Si](C)(C#[C][Sn]([CH3])([CH3])[CH3])[Si](C)(C)C#[C][Sn]([CH3])([CH3])[CH3]. The summed E-state index contributed by atoms with van der Waals surface area (Å²) in [5.74, 6) is 0. The van der Waals surface area contributed by atoms with Gasteiger partial charge in [-0.1, -0.05) is 0 Å². The second-order valence-electron chi connectivity index (χ2n) is 8.25.